The topological polar surface area (TPSA) is 46.3 Å². The number of nitrogens with two attached hydrogens (primary N) is 1. The molecular weight excluding hydrogens is 315 g/mol. The highest BCUT2D eigenvalue weighted by molar-refractivity contribution is 5.85. The van der Waals surface area contributed by atoms with Gasteiger partial charge in [-0.3, -0.25) is 4.79 Å². The molecule has 2 fully saturated rings. The first kappa shape index (κ1) is 18.2. The summed E-state index contributed by atoms with van der Waals surface area (Å²) < 4.78 is 12.9. The van der Waals surface area contributed by atoms with E-state index in [0.29, 0.717) is 18.3 Å². The van der Waals surface area contributed by atoms with Gasteiger partial charge in [-0.2, -0.15) is 0 Å². The molecule has 128 valence electrons. The van der Waals surface area contributed by atoms with Crippen LogP contribution in [0.25, 0.3) is 0 Å². The van der Waals surface area contributed by atoms with Gasteiger partial charge in [-0.05, 0) is 55.2 Å². The largest absolute Gasteiger partial charge is 0.342 e. The highest BCUT2D eigenvalue weighted by atomic mass is 35.5. The molecule has 2 aliphatic rings. The molecule has 0 bridgehead atoms. The van der Waals surface area contributed by atoms with Gasteiger partial charge in [0.15, 0.2) is 0 Å². The van der Waals surface area contributed by atoms with E-state index in [1.165, 1.54) is 12.1 Å². The summed E-state index contributed by atoms with van der Waals surface area (Å²) in [5, 5.41) is 0. The van der Waals surface area contributed by atoms with Gasteiger partial charge in [0, 0.05) is 25.6 Å². The minimum atomic E-state index is -0.195. The molecule has 1 saturated carbocycles. The van der Waals surface area contributed by atoms with Crippen LogP contribution in [-0.2, 0) is 11.2 Å². The van der Waals surface area contributed by atoms with Crippen molar-refractivity contribution in [2.75, 3.05) is 13.1 Å². The molecular formula is C18H26ClFN2O. The molecule has 1 aliphatic heterocycles. The zero-order chi connectivity index (χ0) is 15.5. The third kappa shape index (κ3) is 4.67. The van der Waals surface area contributed by atoms with E-state index < -0.39 is 0 Å². The average Bonchev–Trinajstić information content (AvgIpc) is 3.12. The number of hydrogen-bond donors (Lipinski definition) is 1. The van der Waals surface area contributed by atoms with E-state index in [0.717, 1.165) is 50.8 Å². The molecule has 3 atom stereocenters. The Bertz CT molecular complexity index is 522. The summed E-state index contributed by atoms with van der Waals surface area (Å²) in [6, 6.07) is 6.92. The van der Waals surface area contributed by atoms with Crippen molar-refractivity contribution in [3.63, 3.8) is 0 Å². The molecule has 3 rings (SSSR count). The first-order chi connectivity index (χ1) is 10.6. The third-order valence-corrected chi connectivity index (χ3v) is 5.23. The fraction of sp³-hybridized carbons (Fsp3) is 0.611. The predicted molar refractivity (Wildman–Crippen MR) is 92.0 cm³/mol. The zero-order valence-electron chi connectivity index (χ0n) is 13.4. The van der Waals surface area contributed by atoms with E-state index in [9.17, 15) is 9.18 Å². The zero-order valence-corrected chi connectivity index (χ0v) is 14.2. The molecule has 3 nitrogen and oxygen atoms in total. The van der Waals surface area contributed by atoms with Gasteiger partial charge in [-0.1, -0.05) is 18.6 Å². The Balaban J connectivity index is 0.00000192. The van der Waals surface area contributed by atoms with Crippen LogP contribution < -0.4 is 5.73 Å². The Kier molecular flexibility index (Phi) is 6.42. The first-order valence-corrected chi connectivity index (χ1v) is 8.39. The maximum atomic E-state index is 12.9. The lowest BCUT2D eigenvalue weighted by atomic mass is 9.98. The number of carbonyl (C=O) groups is 1. The van der Waals surface area contributed by atoms with Crippen molar-refractivity contribution >= 4 is 18.3 Å². The minimum absolute atomic E-state index is 0. The molecule has 1 aromatic carbocycles. The van der Waals surface area contributed by atoms with Crippen LogP contribution in [0.3, 0.4) is 0 Å². The second-order valence-electron chi connectivity index (χ2n) is 6.88. The highest BCUT2D eigenvalue weighted by Crippen LogP contribution is 2.29. The van der Waals surface area contributed by atoms with E-state index in [1.54, 1.807) is 0 Å². The van der Waals surface area contributed by atoms with Gasteiger partial charge >= 0.3 is 0 Å². The lowest BCUT2D eigenvalue weighted by Crippen LogP contribution is -2.34. The maximum absolute atomic E-state index is 12.9. The number of likely N-dealkylation sites (tertiary alicyclic amines) is 1. The van der Waals surface area contributed by atoms with E-state index in [2.05, 4.69) is 0 Å². The average molecular weight is 341 g/mol. The minimum Gasteiger partial charge on any atom is -0.342 e. The lowest BCUT2D eigenvalue weighted by molar-refractivity contribution is -0.131. The Morgan fingerprint density at radius 2 is 1.96 bits per heavy atom. The van der Waals surface area contributed by atoms with E-state index in [4.69, 9.17) is 5.73 Å². The molecule has 1 aliphatic carbocycles. The number of benzene rings is 1. The number of carbonyl (C=O) groups excluding carboxylic acids is 1. The summed E-state index contributed by atoms with van der Waals surface area (Å²) in [5.74, 6) is 0.944. The summed E-state index contributed by atoms with van der Waals surface area (Å²) in [4.78, 5) is 14.4. The molecule has 1 amide bonds. The van der Waals surface area contributed by atoms with Crippen LogP contribution in [0.2, 0.25) is 0 Å². The monoisotopic (exact) mass is 340 g/mol. The predicted octanol–water partition coefficient (Wildman–Crippen LogP) is 3.16. The smallest absolute Gasteiger partial charge is 0.222 e. The molecule has 0 spiro atoms. The lowest BCUT2D eigenvalue weighted by Gasteiger charge is -2.21. The number of amides is 1. The molecule has 5 heteroatoms. The molecule has 23 heavy (non-hydrogen) atoms. The van der Waals surface area contributed by atoms with Crippen LogP contribution >= 0.6 is 12.4 Å². The Morgan fingerprint density at radius 3 is 2.61 bits per heavy atom. The molecule has 1 aromatic rings. The summed E-state index contributed by atoms with van der Waals surface area (Å²) in [5.41, 5.74) is 7.22. The van der Waals surface area contributed by atoms with E-state index >= 15 is 0 Å². The van der Waals surface area contributed by atoms with Crippen LogP contribution in [0.4, 0.5) is 4.39 Å². The number of hydrogen-bond acceptors (Lipinski definition) is 2. The summed E-state index contributed by atoms with van der Waals surface area (Å²) >= 11 is 0. The fourth-order valence-corrected chi connectivity index (χ4v) is 3.85. The molecule has 1 unspecified atom stereocenters. The van der Waals surface area contributed by atoms with Crippen LogP contribution in [0.1, 0.15) is 37.7 Å². The van der Waals surface area contributed by atoms with Crippen LogP contribution in [0, 0.1) is 17.7 Å². The molecule has 0 aromatic heterocycles. The quantitative estimate of drug-likeness (QED) is 0.915. The van der Waals surface area contributed by atoms with Crippen molar-refractivity contribution < 1.29 is 9.18 Å². The maximum Gasteiger partial charge on any atom is 0.222 e. The Labute approximate surface area is 143 Å². The molecule has 2 N–H and O–H groups in total. The number of nitrogens with zero attached hydrogens (tertiary/aromatic N) is 1. The molecule has 1 saturated heterocycles. The second kappa shape index (κ2) is 8.11. The van der Waals surface area contributed by atoms with Crippen LogP contribution in [0.15, 0.2) is 24.3 Å². The Hall–Kier alpha value is -1.13. The van der Waals surface area contributed by atoms with E-state index in [-0.39, 0.29) is 30.2 Å². The van der Waals surface area contributed by atoms with Crippen molar-refractivity contribution in [2.45, 2.75) is 44.6 Å². The van der Waals surface area contributed by atoms with Gasteiger partial charge in [0.25, 0.3) is 0 Å². The standard InChI is InChI=1S/C18H25FN2O.ClH/c19-16-6-4-13(5-7-16)10-14-8-9-21(12-14)18(22)11-15-2-1-3-17(15)20;/h4-7,14-15,17H,1-3,8-12,20H2;1H/t14?,15-,17+;/m0./s1. The number of halogens is 2. The van der Waals surface area contributed by atoms with Gasteiger partial charge in [0.05, 0.1) is 0 Å². The van der Waals surface area contributed by atoms with Crippen LogP contribution in [-0.4, -0.2) is 29.9 Å². The van der Waals surface area contributed by atoms with Crippen molar-refractivity contribution in [1.82, 2.24) is 4.90 Å². The summed E-state index contributed by atoms with van der Waals surface area (Å²) in [6.45, 7) is 1.69. The van der Waals surface area contributed by atoms with Crippen molar-refractivity contribution in [1.29, 1.82) is 0 Å². The highest BCUT2D eigenvalue weighted by Gasteiger charge is 2.31. The van der Waals surface area contributed by atoms with Gasteiger partial charge in [-0.15, -0.1) is 12.4 Å². The fourth-order valence-electron chi connectivity index (χ4n) is 3.85. The van der Waals surface area contributed by atoms with Gasteiger partial charge in [-0.25, -0.2) is 4.39 Å². The van der Waals surface area contributed by atoms with Crippen molar-refractivity contribution in [3.8, 4) is 0 Å². The summed E-state index contributed by atoms with van der Waals surface area (Å²) in [7, 11) is 0. The first-order valence-electron chi connectivity index (χ1n) is 8.39. The second-order valence-corrected chi connectivity index (χ2v) is 6.88. The summed E-state index contributed by atoms with van der Waals surface area (Å²) in [6.07, 6.45) is 5.90. The Morgan fingerprint density at radius 1 is 1.22 bits per heavy atom. The third-order valence-electron chi connectivity index (χ3n) is 5.23. The SMILES string of the molecule is Cl.N[C@@H]1CCC[C@H]1CC(=O)N1CCC(Cc2ccc(F)cc2)C1. The van der Waals surface area contributed by atoms with Gasteiger partial charge in [0.2, 0.25) is 5.91 Å². The van der Waals surface area contributed by atoms with E-state index in [1.807, 2.05) is 17.0 Å². The number of rotatable bonds is 4. The van der Waals surface area contributed by atoms with Crippen LogP contribution in [0.5, 0.6) is 0 Å². The molecule has 0 radical (unpaired) electrons. The normalized spacial score (nSPS) is 27.0. The molecule has 1 heterocycles. The van der Waals surface area contributed by atoms with Crippen molar-refractivity contribution in [3.05, 3.63) is 35.6 Å². The van der Waals surface area contributed by atoms with Crippen molar-refractivity contribution in [2.24, 2.45) is 17.6 Å². The van der Waals surface area contributed by atoms with Gasteiger partial charge in [0.1, 0.15) is 5.82 Å². The van der Waals surface area contributed by atoms with Gasteiger partial charge < -0.3 is 10.6 Å².